The lowest BCUT2D eigenvalue weighted by Gasteiger charge is -2.10. The van der Waals surface area contributed by atoms with Crippen LogP contribution in [0.25, 0.3) is 0 Å². The molecule has 1 rings (SSSR count). The molecule has 0 spiro atoms. The maximum Gasteiger partial charge on any atom is 0.151 e. The highest BCUT2D eigenvalue weighted by Crippen LogP contribution is 2.10. The van der Waals surface area contributed by atoms with Gasteiger partial charge in [0.25, 0.3) is 0 Å². The molecule has 4 nitrogen and oxygen atoms in total. The van der Waals surface area contributed by atoms with E-state index in [1.54, 1.807) is 0 Å². The summed E-state index contributed by atoms with van der Waals surface area (Å²) < 4.78 is 28.0. The van der Waals surface area contributed by atoms with Crippen LogP contribution in [-0.4, -0.2) is 45.7 Å². The first kappa shape index (κ1) is 15.9. The standard InChI is InChI=1S/C13H27NO3S/c1-2-3-4-5-6-9-17-10-8-14-13-7-11-18(15,16)12-13/h13-14H,2-12H2,1H3. The van der Waals surface area contributed by atoms with Crippen LogP contribution in [0.15, 0.2) is 0 Å². The first-order valence-corrected chi connectivity index (χ1v) is 8.98. The van der Waals surface area contributed by atoms with Gasteiger partial charge in [0.05, 0.1) is 18.1 Å². The molecule has 108 valence electrons. The van der Waals surface area contributed by atoms with Crippen molar-refractivity contribution in [1.82, 2.24) is 5.32 Å². The predicted molar refractivity (Wildman–Crippen MR) is 74.6 cm³/mol. The average molecular weight is 277 g/mol. The highest BCUT2D eigenvalue weighted by Gasteiger charge is 2.26. The predicted octanol–water partition coefficient (Wildman–Crippen LogP) is 1.75. The fraction of sp³-hybridized carbons (Fsp3) is 1.00. The van der Waals surface area contributed by atoms with Crippen LogP contribution in [0.2, 0.25) is 0 Å². The second-order valence-corrected chi connectivity index (χ2v) is 7.31. The van der Waals surface area contributed by atoms with E-state index in [1.165, 1.54) is 25.7 Å². The Morgan fingerprint density at radius 2 is 1.94 bits per heavy atom. The maximum absolute atomic E-state index is 11.2. The second kappa shape index (κ2) is 8.88. The molecule has 0 aromatic carbocycles. The Balaban J connectivity index is 1.85. The van der Waals surface area contributed by atoms with Crippen LogP contribution in [-0.2, 0) is 14.6 Å². The smallest absolute Gasteiger partial charge is 0.151 e. The molecule has 1 unspecified atom stereocenters. The summed E-state index contributed by atoms with van der Waals surface area (Å²) in [6, 6.07) is 0.142. The zero-order chi connectivity index (χ0) is 13.3. The fourth-order valence-electron chi connectivity index (χ4n) is 2.20. The van der Waals surface area contributed by atoms with Crippen molar-refractivity contribution in [2.24, 2.45) is 0 Å². The number of nitrogens with one attached hydrogen (secondary N) is 1. The molecular weight excluding hydrogens is 250 g/mol. The van der Waals surface area contributed by atoms with Crippen molar-refractivity contribution in [2.45, 2.75) is 51.5 Å². The van der Waals surface area contributed by atoms with Crippen molar-refractivity contribution in [1.29, 1.82) is 0 Å². The normalized spacial score (nSPS) is 22.4. The van der Waals surface area contributed by atoms with Crippen molar-refractivity contribution in [3.63, 3.8) is 0 Å². The summed E-state index contributed by atoms with van der Waals surface area (Å²) in [5.41, 5.74) is 0. The number of rotatable bonds is 10. The zero-order valence-corrected chi connectivity index (χ0v) is 12.3. The Hall–Kier alpha value is -0.130. The number of unbranched alkanes of at least 4 members (excludes halogenated alkanes) is 4. The largest absolute Gasteiger partial charge is 0.380 e. The van der Waals surface area contributed by atoms with E-state index < -0.39 is 9.84 Å². The van der Waals surface area contributed by atoms with Crippen molar-refractivity contribution < 1.29 is 13.2 Å². The minimum atomic E-state index is -2.76. The summed E-state index contributed by atoms with van der Waals surface area (Å²) in [6.45, 7) is 4.49. The maximum atomic E-state index is 11.2. The SMILES string of the molecule is CCCCCCCOCCNC1CCS(=O)(=O)C1. The Bertz CT molecular complexity index is 303. The van der Waals surface area contributed by atoms with Gasteiger partial charge < -0.3 is 10.1 Å². The van der Waals surface area contributed by atoms with E-state index in [4.69, 9.17) is 4.74 Å². The van der Waals surface area contributed by atoms with E-state index in [0.717, 1.165) is 26.0 Å². The van der Waals surface area contributed by atoms with Crippen LogP contribution in [0, 0.1) is 0 Å². The van der Waals surface area contributed by atoms with Crippen LogP contribution < -0.4 is 5.32 Å². The second-order valence-electron chi connectivity index (χ2n) is 5.08. The summed E-state index contributed by atoms with van der Waals surface area (Å²) in [6.07, 6.45) is 7.03. The lowest BCUT2D eigenvalue weighted by molar-refractivity contribution is 0.130. The molecule has 1 fully saturated rings. The molecule has 1 N–H and O–H groups in total. The Kier molecular flexibility index (Phi) is 7.86. The highest BCUT2D eigenvalue weighted by atomic mass is 32.2. The van der Waals surface area contributed by atoms with E-state index in [0.29, 0.717) is 18.1 Å². The van der Waals surface area contributed by atoms with E-state index in [9.17, 15) is 8.42 Å². The van der Waals surface area contributed by atoms with Gasteiger partial charge in [-0.05, 0) is 12.8 Å². The van der Waals surface area contributed by atoms with Gasteiger partial charge in [0.1, 0.15) is 0 Å². The minimum Gasteiger partial charge on any atom is -0.380 e. The average Bonchev–Trinajstić information content (AvgIpc) is 2.67. The van der Waals surface area contributed by atoms with E-state index in [-0.39, 0.29) is 6.04 Å². The summed E-state index contributed by atoms with van der Waals surface area (Å²) in [4.78, 5) is 0. The first-order valence-electron chi connectivity index (χ1n) is 7.15. The first-order chi connectivity index (χ1) is 8.64. The van der Waals surface area contributed by atoms with Crippen LogP contribution >= 0.6 is 0 Å². The van der Waals surface area contributed by atoms with Crippen LogP contribution in [0.5, 0.6) is 0 Å². The van der Waals surface area contributed by atoms with Crippen molar-refractivity contribution in [3.05, 3.63) is 0 Å². The molecule has 1 saturated heterocycles. The molecular formula is C13H27NO3S. The molecule has 1 atom stereocenters. The van der Waals surface area contributed by atoms with Gasteiger partial charge in [-0.25, -0.2) is 8.42 Å². The molecule has 0 aliphatic carbocycles. The van der Waals surface area contributed by atoms with Gasteiger partial charge in [0.2, 0.25) is 0 Å². The molecule has 0 radical (unpaired) electrons. The third-order valence-corrected chi connectivity index (χ3v) is 5.07. The van der Waals surface area contributed by atoms with Crippen LogP contribution in [0.3, 0.4) is 0 Å². The molecule has 5 heteroatoms. The number of sulfone groups is 1. The monoisotopic (exact) mass is 277 g/mol. The topological polar surface area (TPSA) is 55.4 Å². The van der Waals surface area contributed by atoms with E-state index >= 15 is 0 Å². The van der Waals surface area contributed by atoms with Crippen LogP contribution in [0.1, 0.15) is 45.4 Å². The third-order valence-electron chi connectivity index (χ3n) is 3.30. The van der Waals surface area contributed by atoms with Gasteiger partial charge in [-0.3, -0.25) is 0 Å². The lowest BCUT2D eigenvalue weighted by Crippen LogP contribution is -2.32. The summed E-state index contributed by atoms with van der Waals surface area (Å²) in [7, 11) is -2.76. The van der Waals surface area contributed by atoms with E-state index in [2.05, 4.69) is 12.2 Å². The number of ether oxygens (including phenoxy) is 1. The molecule has 0 aromatic heterocycles. The molecule has 0 amide bonds. The Morgan fingerprint density at radius 1 is 1.17 bits per heavy atom. The molecule has 1 heterocycles. The number of hydrogen-bond acceptors (Lipinski definition) is 4. The molecule has 18 heavy (non-hydrogen) atoms. The summed E-state index contributed by atoms with van der Waals surface area (Å²) in [5.74, 6) is 0.632. The van der Waals surface area contributed by atoms with E-state index in [1.807, 2.05) is 0 Å². The van der Waals surface area contributed by atoms with Gasteiger partial charge in [0, 0.05) is 19.2 Å². The highest BCUT2D eigenvalue weighted by molar-refractivity contribution is 7.91. The minimum absolute atomic E-state index is 0.142. The van der Waals surface area contributed by atoms with Gasteiger partial charge in [-0.15, -0.1) is 0 Å². The molecule has 0 aromatic rings. The summed E-state index contributed by atoms with van der Waals surface area (Å²) >= 11 is 0. The fourth-order valence-corrected chi connectivity index (χ4v) is 3.91. The molecule has 1 aliphatic rings. The molecule has 1 aliphatic heterocycles. The van der Waals surface area contributed by atoms with Gasteiger partial charge in [0.15, 0.2) is 9.84 Å². The quantitative estimate of drug-likeness (QED) is 0.618. The van der Waals surface area contributed by atoms with Crippen molar-refractivity contribution in [2.75, 3.05) is 31.3 Å². The van der Waals surface area contributed by atoms with Crippen LogP contribution in [0.4, 0.5) is 0 Å². The van der Waals surface area contributed by atoms with Gasteiger partial charge >= 0.3 is 0 Å². The Labute approximate surface area is 111 Å². The Morgan fingerprint density at radius 3 is 2.61 bits per heavy atom. The lowest BCUT2D eigenvalue weighted by atomic mass is 10.2. The zero-order valence-electron chi connectivity index (χ0n) is 11.5. The van der Waals surface area contributed by atoms with Gasteiger partial charge in [-0.2, -0.15) is 0 Å². The summed E-state index contributed by atoms with van der Waals surface area (Å²) in [5, 5.41) is 3.24. The third kappa shape index (κ3) is 7.34. The molecule has 0 saturated carbocycles. The van der Waals surface area contributed by atoms with Crippen molar-refractivity contribution in [3.8, 4) is 0 Å². The number of hydrogen-bond donors (Lipinski definition) is 1. The van der Waals surface area contributed by atoms with Crippen molar-refractivity contribution >= 4 is 9.84 Å². The van der Waals surface area contributed by atoms with Gasteiger partial charge in [-0.1, -0.05) is 32.6 Å². The molecule has 0 bridgehead atoms.